The van der Waals surface area contributed by atoms with Crippen LogP contribution >= 0.6 is 0 Å². The summed E-state index contributed by atoms with van der Waals surface area (Å²) in [6, 6.07) is 1.65. The van der Waals surface area contributed by atoms with E-state index in [1.54, 1.807) is 0 Å². The predicted molar refractivity (Wildman–Crippen MR) is 74.4 cm³/mol. The van der Waals surface area contributed by atoms with Gasteiger partial charge in [0, 0.05) is 25.3 Å². The second kappa shape index (κ2) is 8.10. The van der Waals surface area contributed by atoms with E-state index >= 15 is 0 Å². The Balaban J connectivity index is 0.000000686. The Morgan fingerprint density at radius 3 is 2.24 bits per heavy atom. The summed E-state index contributed by atoms with van der Waals surface area (Å²) >= 11 is 0. The maximum Gasteiger partial charge on any atom is 0.0480 e. The molecular weight excluding hydrogens is 210 g/mol. The second-order valence-electron chi connectivity index (χ2n) is 5.39. The van der Waals surface area contributed by atoms with Crippen LogP contribution in [0.15, 0.2) is 0 Å². The normalized spacial score (nSPS) is 27.7. The predicted octanol–water partition coefficient (Wildman–Crippen LogP) is 3.70. The maximum atomic E-state index is 5.46. The molecule has 0 aliphatic carbocycles. The van der Waals surface area contributed by atoms with Crippen LogP contribution in [0.3, 0.4) is 0 Å². The molecular formula is C15H31NO. The molecule has 0 aromatic rings. The Morgan fingerprint density at radius 2 is 1.65 bits per heavy atom. The van der Waals surface area contributed by atoms with E-state index in [1.165, 1.54) is 38.6 Å². The molecule has 2 heterocycles. The van der Waals surface area contributed by atoms with Gasteiger partial charge < -0.3 is 4.74 Å². The van der Waals surface area contributed by atoms with Crippen LogP contribution in [0.2, 0.25) is 0 Å². The minimum Gasteiger partial charge on any atom is -0.381 e. The van der Waals surface area contributed by atoms with E-state index in [1.807, 2.05) is 13.8 Å². The summed E-state index contributed by atoms with van der Waals surface area (Å²) in [5, 5.41) is 0. The van der Waals surface area contributed by atoms with Crippen LogP contribution in [0.1, 0.15) is 59.8 Å². The van der Waals surface area contributed by atoms with Crippen molar-refractivity contribution in [3.8, 4) is 0 Å². The molecule has 0 N–H and O–H groups in total. The molecule has 0 amide bonds. The molecule has 0 aromatic carbocycles. The molecule has 2 aliphatic rings. The van der Waals surface area contributed by atoms with Crippen molar-refractivity contribution < 1.29 is 4.74 Å². The van der Waals surface area contributed by atoms with E-state index in [0.717, 1.165) is 31.2 Å². The van der Waals surface area contributed by atoms with Crippen LogP contribution in [0.5, 0.6) is 0 Å². The highest BCUT2D eigenvalue weighted by molar-refractivity contribution is 4.85. The van der Waals surface area contributed by atoms with Crippen molar-refractivity contribution in [2.24, 2.45) is 5.92 Å². The molecule has 2 nitrogen and oxygen atoms in total. The van der Waals surface area contributed by atoms with Gasteiger partial charge >= 0.3 is 0 Å². The van der Waals surface area contributed by atoms with Gasteiger partial charge in [0.15, 0.2) is 0 Å². The zero-order valence-electron chi connectivity index (χ0n) is 12.2. The van der Waals surface area contributed by atoms with Gasteiger partial charge in [0.25, 0.3) is 0 Å². The molecule has 1 unspecified atom stereocenters. The van der Waals surface area contributed by atoms with Crippen molar-refractivity contribution in [2.45, 2.75) is 71.9 Å². The van der Waals surface area contributed by atoms with Gasteiger partial charge in [-0.1, -0.05) is 34.1 Å². The van der Waals surface area contributed by atoms with Crippen LogP contribution in [-0.2, 0) is 4.74 Å². The molecule has 2 aliphatic heterocycles. The van der Waals surface area contributed by atoms with Gasteiger partial charge in [0.2, 0.25) is 0 Å². The first kappa shape index (κ1) is 15.0. The van der Waals surface area contributed by atoms with Gasteiger partial charge in [-0.15, -0.1) is 0 Å². The van der Waals surface area contributed by atoms with Crippen LogP contribution in [0.25, 0.3) is 0 Å². The van der Waals surface area contributed by atoms with E-state index in [0.29, 0.717) is 0 Å². The average Bonchev–Trinajstić information content (AvgIpc) is 2.42. The third-order valence-corrected chi connectivity index (χ3v) is 4.02. The quantitative estimate of drug-likeness (QED) is 0.731. The van der Waals surface area contributed by atoms with Gasteiger partial charge in [-0.2, -0.15) is 0 Å². The molecule has 2 rings (SSSR count). The third-order valence-electron chi connectivity index (χ3n) is 4.02. The Morgan fingerprint density at radius 1 is 1.00 bits per heavy atom. The number of piperidine rings is 1. The Bertz CT molecular complexity index is 187. The number of hydrogen-bond donors (Lipinski definition) is 0. The van der Waals surface area contributed by atoms with E-state index in [-0.39, 0.29) is 0 Å². The number of rotatable bonds is 2. The molecule has 0 bridgehead atoms. The van der Waals surface area contributed by atoms with Crippen molar-refractivity contribution in [1.82, 2.24) is 4.90 Å². The topological polar surface area (TPSA) is 12.5 Å². The van der Waals surface area contributed by atoms with Crippen molar-refractivity contribution in [3.05, 3.63) is 0 Å². The van der Waals surface area contributed by atoms with Crippen LogP contribution in [0.4, 0.5) is 0 Å². The fourth-order valence-corrected chi connectivity index (χ4v) is 3.17. The lowest BCUT2D eigenvalue weighted by Gasteiger charge is -2.44. The second-order valence-corrected chi connectivity index (χ2v) is 5.39. The molecule has 0 aromatic heterocycles. The molecule has 0 saturated carbocycles. The summed E-state index contributed by atoms with van der Waals surface area (Å²) < 4.78 is 5.46. The summed E-state index contributed by atoms with van der Waals surface area (Å²) in [6.07, 6.45) is 6.75. The number of nitrogens with zero attached hydrogens (tertiary/aromatic N) is 1. The summed E-state index contributed by atoms with van der Waals surface area (Å²) in [5.41, 5.74) is 0. The summed E-state index contributed by atoms with van der Waals surface area (Å²) in [7, 11) is 0. The maximum absolute atomic E-state index is 5.46. The van der Waals surface area contributed by atoms with E-state index in [9.17, 15) is 0 Å². The molecule has 0 radical (unpaired) electrons. The standard InChI is InChI=1S/C13H25NO.C2H6/c1-11(2)13-5-3-4-8-14(13)12-6-9-15-10-7-12;1-2/h11-13H,3-10H2,1-2H3;1-2H3. The third kappa shape index (κ3) is 4.26. The van der Waals surface area contributed by atoms with Crippen molar-refractivity contribution >= 4 is 0 Å². The first-order valence-corrected chi connectivity index (χ1v) is 7.62. The first-order valence-electron chi connectivity index (χ1n) is 7.62. The Hall–Kier alpha value is -0.0800. The van der Waals surface area contributed by atoms with Gasteiger partial charge in [0.05, 0.1) is 0 Å². The summed E-state index contributed by atoms with van der Waals surface area (Å²) in [4.78, 5) is 2.79. The highest BCUT2D eigenvalue weighted by Gasteiger charge is 2.31. The average molecular weight is 241 g/mol. The van der Waals surface area contributed by atoms with Gasteiger partial charge in [-0.05, 0) is 38.1 Å². The molecule has 1 atom stereocenters. The van der Waals surface area contributed by atoms with E-state index in [2.05, 4.69) is 18.7 Å². The lowest BCUT2D eigenvalue weighted by Crippen LogP contribution is -2.50. The monoisotopic (exact) mass is 241 g/mol. The summed E-state index contributed by atoms with van der Waals surface area (Å²) in [5.74, 6) is 0.813. The lowest BCUT2D eigenvalue weighted by molar-refractivity contribution is -0.00629. The first-order chi connectivity index (χ1) is 8.29. The molecule has 0 spiro atoms. The van der Waals surface area contributed by atoms with Gasteiger partial charge in [-0.3, -0.25) is 4.90 Å². The van der Waals surface area contributed by atoms with E-state index < -0.39 is 0 Å². The zero-order valence-corrected chi connectivity index (χ0v) is 12.2. The van der Waals surface area contributed by atoms with Crippen LogP contribution < -0.4 is 0 Å². The zero-order chi connectivity index (χ0) is 12.7. The molecule has 2 fully saturated rings. The highest BCUT2D eigenvalue weighted by Crippen LogP contribution is 2.28. The Labute approximate surface area is 108 Å². The molecule has 102 valence electrons. The number of hydrogen-bond acceptors (Lipinski definition) is 2. The van der Waals surface area contributed by atoms with Gasteiger partial charge in [0.1, 0.15) is 0 Å². The fraction of sp³-hybridized carbons (Fsp3) is 1.00. The lowest BCUT2D eigenvalue weighted by atomic mass is 9.90. The largest absolute Gasteiger partial charge is 0.381 e. The number of ether oxygens (including phenoxy) is 1. The molecule has 2 heteroatoms. The molecule has 2 saturated heterocycles. The minimum atomic E-state index is 0.812. The molecule has 17 heavy (non-hydrogen) atoms. The van der Waals surface area contributed by atoms with Crippen molar-refractivity contribution in [1.29, 1.82) is 0 Å². The fourth-order valence-electron chi connectivity index (χ4n) is 3.17. The smallest absolute Gasteiger partial charge is 0.0480 e. The van der Waals surface area contributed by atoms with Gasteiger partial charge in [-0.25, -0.2) is 0 Å². The SMILES string of the molecule is CC.CC(C)C1CCCCN1C1CCOCC1. The van der Waals surface area contributed by atoms with Crippen molar-refractivity contribution in [3.63, 3.8) is 0 Å². The van der Waals surface area contributed by atoms with Crippen LogP contribution in [-0.4, -0.2) is 36.7 Å². The highest BCUT2D eigenvalue weighted by atomic mass is 16.5. The van der Waals surface area contributed by atoms with Crippen LogP contribution in [0, 0.1) is 5.92 Å². The Kier molecular flexibility index (Phi) is 7.14. The number of likely N-dealkylation sites (tertiary alicyclic amines) is 1. The van der Waals surface area contributed by atoms with E-state index in [4.69, 9.17) is 4.74 Å². The summed E-state index contributed by atoms with van der Waals surface area (Å²) in [6.45, 7) is 12.0. The minimum absolute atomic E-state index is 0.812. The van der Waals surface area contributed by atoms with Crippen molar-refractivity contribution in [2.75, 3.05) is 19.8 Å².